The third kappa shape index (κ3) is 2.62. The molecule has 0 spiro atoms. The molecule has 5 heteroatoms. The number of nitrogens with zero attached hydrogens (tertiary/aromatic N) is 2. The summed E-state index contributed by atoms with van der Waals surface area (Å²) >= 11 is 3.44. The lowest BCUT2D eigenvalue weighted by Crippen LogP contribution is -2.38. The van der Waals surface area contributed by atoms with Crippen molar-refractivity contribution in [1.29, 1.82) is 0 Å². The first-order valence-electron chi connectivity index (χ1n) is 6.23. The van der Waals surface area contributed by atoms with Crippen molar-refractivity contribution >= 4 is 21.8 Å². The van der Waals surface area contributed by atoms with E-state index in [4.69, 9.17) is 4.74 Å². The van der Waals surface area contributed by atoms with Gasteiger partial charge in [-0.15, -0.1) is 0 Å². The molecule has 1 unspecified atom stereocenters. The summed E-state index contributed by atoms with van der Waals surface area (Å²) in [6.45, 7) is 5.53. The van der Waals surface area contributed by atoms with Gasteiger partial charge in [0.25, 0.3) is 5.91 Å². The van der Waals surface area contributed by atoms with Crippen molar-refractivity contribution in [2.75, 3.05) is 20.3 Å². The van der Waals surface area contributed by atoms with Crippen molar-refractivity contribution in [3.63, 3.8) is 0 Å². The van der Waals surface area contributed by atoms with Gasteiger partial charge < -0.3 is 14.2 Å². The number of carbonyl (C=O) groups excluding carboxylic acids is 1. The van der Waals surface area contributed by atoms with Crippen LogP contribution in [0.4, 0.5) is 0 Å². The van der Waals surface area contributed by atoms with E-state index in [-0.39, 0.29) is 18.0 Å². The number of halogens is 1. The number of hydrogen-bond acceptors (Lipinski definition) is 2. The largest absolute Gasteiger partial charge is 0.379 e. The van der Waals surface area contributed by atoms with Crippen LogP contribution in [0.1, 0.15) is 36.8 Å². The van der Waals surface area contributed by atoms with Gasteiger partial charge in [0, 0.05) is 30.4 Å². The van der Waals surface area contributed by atoms with Crippen molar-refractivity contribution in [3.05, 3.63) is 22.4 Å². The zero-order chi connectivity index (χ0) is 13.3. The monoisotopic (exact) mass is 314 g/mol. The molecule has 0 N–H and O–H groups in total. The SMILES string of the molecule is CC(C)n1cc(Br)cc1C(=O)N(C)C1CCOC1. The van der Waals surface area contributed by atoms with E-state index < -0.39 is 0 Å². The summed E-state index contributed by atoms with van der Waals surface area (Å²) in [6.07, 6.45) is 2.88. The van der Waals surface area contributed by atoms with Gasteiger partial charge in [-0.05, 0) is 42.3 Å². The Kier molecular flexibility index (Phi) is 4.12. The molecule has 2 heterocycles. The molecule has 0 aliphatic carbocycles. The molecule has 2 rings (SSSR count). The summed E-state index contributed by atoms with van der Waals surface area (Å²) in [5.41, 5.74) is 0.728. The van der Waals surface area contributed by atoms with E-state index in [1.54, 1.807) is 4.90 Å². The molecule has 18 heavy (non-hydrogen) atoms. The molecule has 1 aliphatic heterocycles. The molecule has 1 aliphatic rings. The van der Waals surface area contributed by atoms with E-state index in [1.807, 2.05) is 23.9 Å². The number of likely N-dealkylation sites (N-methyl/N-ethyl adjacent to an activating group) is 1. The smallest absolute Gasteiger partial charge is 0.270 e. The highest BCUT2D eigenvalue weighted by molar-refractivity contribution is 9.10. The molecule has 0 bridgehead atoms. The fraction of sp³-hybridized carbons (Fsp3) is 0.615. The van der Waals surface area contributed by atoms with Crippen molar-refractivity contribution in [3.8, 4) is 0 Å². The fourth-order valence-corrected chi connectivity index (χ4v) is 2.66. The van der Waals surface area contributed by atoms with Gasteiger partial charge >= 0.3 is 0 Å². The molecule has 1 aromatic rings. The molecule has 0 aromatic carbocycles. The number of ether oxygens (including phenoxy) is 1. The van der Waals surface area contributed by atoms with E-state index in [1.165, 1.54) is 0 Å². The standard InChI is InChI=1S/C13H19BrN2O2/c1-9(2)16-7-10(14)6-12(16)13(17)15(3)11-4-5-18-8-11/h6-7,9,11H,4-5,8H2,1-3H3. The molecular formula is C13H19BrN2O2. The maximum absolute atomic E-state index is 12.5. The van der Waals surface area contributed by atoms with Gasteiger partial charge in [0.05, 0.1) is 12.6 Å². The third-order valence-corrected chi connectivity index (χ3v) is 3.80. The van der Waals surface area contributed by atoms with Crippen LogP contribution in [-0.4, -0.2) is 41.7 Å². The zero-order valence-corrected chi connectivity index (χ0v) is 12.6. The van der Waals surface area contributed by atoms with Crippen LogP contribution in [-0.2, 0) is 4.74 Å². The van der Waals surface area contributed by atoms with E-state index in [2.05, 4.69) is 29.8 Å². The van der Waals surface area contributed by atoms with E-state index in [9.17, 15) is 4.79 Å². The van der Waals surface area contributed by atoms with Gasteiger partial charge in [-0.3, -0.25) is 4.79 Å². The minimum absolute atomic E-state index is 0.0601. The van der Waals surface area contributed by atoms with Gasteiger partial charge in [-0.25, -0.2) is 0 Å². The Hall–Kier alpha value is -0.810. The van der Waals surface area contributed by atoms with Crippen LogP contribution >= 0.6 is 15.9 Å². The topological polar surface area (TPSA) is 34.5 Å². The van der Waals surface area contributed by atoms with Crippen molar-refractivity contribution in [2.45, 2.75) is 32.4 Å². The number of carbonyl (C=O) groups is 1. The van der Waals surface area contributed by atoms with Gasteiger partial charge in [-0.2, -0.15) is 0 Å². The molecule has 1 fully saturated rings. The summed E-state index contributed by atoms with van der Waals surface area (Å²) in [5.74, 6) is 0.0601. The second-order valence-corrected chi connectivity index (χ2v) is 5.89. The molecule has 0 radical (unpaired) electrons. The molecule has 1 aromatic heterocycles. The summed E-state index contributed by atoms with van der Waals surface area (Å²) in [7, 11) is 1.85. The number of hydrogen-bond donors (Lipinski definition) is 0. The lowest BCUT2D eigenvalue weighted by molar-refractivity contribution is 0.0699. The van der Waals surface area contributed by atoms with Gasteiger partial charge in [0.1, 0.15) is 5.69 Å². The molecule has 1 amide bonds. The average molecular weight is 315 g/mol. The molecule has 1 saturated heterocycles. The highest BCUT2D eigenvalue weighted by atomic mass is 79.9. The normalized spacial score (nSPS) is 19.5. The van der Waals surface area contributed by atoms with Gasteiger partial charge in [0.15, 0.2) is 0 Å². The molecular weight excluding hydrogens is 296 g/mol. The van der Waals surface area contributed by atoms with Crippen LogP contribution in [0.3, 0.4) is 0 Å². The second kappa shape index (κ2) is 5.45. The maximum Gasteiger partial charge on any atom is 0.270 e. The molecule has 1 atom stereocenters. The van der Waals surface area contributed by atoms with Crippen LogP contribution in [0.2, 0.25) is 0 Å². The van der Waals surface area contributed by atoms with Crippen LogP contribution in [0.15, 0.2) is 16.7 Å². The molecule has 100 valence electrons. The zero-order valence-electron chi connectivity index (χ0n) is 11.0. The first-order chi connectivity index (χ1) is 8.50. The van der Waals surface area contributed by atoms with E-state index in [0.717, 1.165) is 23.2 Å². The minimum atomic E-state index is 0.0601. The predicted molar refractivity (Wildman–Crippen MR) is 73.8 cm³/mol. The Morgan fingerprint density at radius 2 is 2.33 bits per heavy atom. The summed E-state index contributed by atoms with van der Waals surface area (Å²) in [5, 5.41) is 0. The first-order valence-corrected chi connectivity index (χ1v) is 7.02. The minimum Gasteiger partial charge on any atom is -0.379 e. The Balaban J connectivity index is 2.22. The average Bonchev–Trinajstić information content (AvgIpc) is 2.95. The van der Waals surface area contributed by atoms with Crippen LogP contribution in [0, 0.1) is 0 Å². The molecule has 4 nitrogen and oxygen atoms in total. The van der Waals surface area contributed by atoms with E-state index in [0.29, 0.717) is 6.61 Å². The number of amides is 1. The number of rotatable bonds is 3. The lowest BCUT2D eigenvalue weighted by Gasteiger charge is -2.24. The first kappa shape index (κ1) is 13.6. The summed E-state index contributed by atoms with van der Waals surface area (Å²) in [4.78, 5) is 14.3. The number of aromatic nitrogens is 1. The second-order valence-electron chi connectivity index (χ2n) is 4.98. The Morgan fingerprint density at radius 1 is 1.61 bits per heavy atom. The fourth-order valence-electron chi connectivity index (χ4n) is 2.22. The quantitative estimate of drug-likeness (QED) is 0.859. The highest BCUT2D eigenvalue weighted by Crippen LogP contribution is 2.22. The van der Waals surface area contributed by atoms with Crippen molar-refractivity contribution in [2.24, 2.45) is 0 Å². The highest BCUT2D eigenvalue weighted by Gasteiger charge is 2.27. The third-order valence-electron chi connectivity index (χ3n) is 3.36. The van der Waals surface area contributed by atoms with Gasteiger partial charge in [0.2, 0.25) is 0 Å². The lowest BCUT2D eigenvalue weighted by atomic mass is 10.2. The predicted octanol–water partition coefficient (Wildman–Crippen LogP) is 2.69. The Morgan fingerprint density at radius 3 is 2.89 bits per heavy atom. The van der Waals surface area contributed by atoms with Crippen LogP contribution in [0.5, 0.6) is 0 Å². The summed E-state index contributed by atoms with van der Waals surface area (Å²) in [6, 6.07) is 2.35. The molecule has 0 saturated carbocycles. The Labute approximate surface area is 116 Å². The maximum atomic E-state index is 12.5. The van der Waals surface area contributed by atoms with E-state index >= 15 is 0 Å². The van der Waals surface area contributed by atoms with Crippen molar-refractivity contribution in [1.82, 2.24) is 9.47 Å². The van der Waals surface area contributed by atoms with Crippen LogP contribution in [0.25, 0.3) is 0 Å². The Bertz CT molecular complexity index is 436. The summed E-state index contributed by atoms with van der Waals surface area (Å²) < 4.78 is 8.28. The van der Waals surface area contributed by atoms with Gasteiger partial charge in [-0.1, -0.05) is 0 Å². The van der Waals surface area contributed by atoms with Crippen LogP contribution < -0.4 is 0 Å². The van der Waals surface area contributed by atoms with Crippen molar-refractivity contribution < 1.29 is 9.53 Å².